The van der Waals surface area contributed by atoms with Crippen molar-refractivity contribution in [1.29, 1.82) is 0 Å². The SMILES string of the molecule is C[C@@H]1CCN[C@@H](/C=N\O)C1. The zero-order valence-corrected chi connectivity index (χ0v) is 6.25. The molecule has 1 aliphatic heterocycles. The van der Waals surface area contributed by atoms with E-state index in [4.69, 9.17) is 5.21 Å². The van der Waals surface area contributed by atoms with Gasteiger partial charge in [-0.3, -0.25) is 0 Å². The van der Waals surface area contributed by atoms with Crippen molar-refractivity contribution in [3.8, 4) is 0 Å². The Morgan fingerprint density at radius 3 is 3.10 bits per heavy atom. The molecule has 1 aliphatic rings. The van der Waals surface area contributed by atoms with E-state index in [1.54, 1.807) is 6.21 Å². The van der Waals surface area contributed by atoms with Gasteiger partial charge in [-0.2, -0.15) is 0 Å². The van der Waals surface area contributed by atoms with Gasteiger partial charge in [-0.1, -0.05) is 6.92 Å². The van der Waals surface area contributed by atoms with E-state index in [0.717, 1.165) is 18.9 Å². The maximum atomic E-state index is 8.23. The lowest BCUT2D eigenvalue weighted by molar-refractivity contribution is 0.311. The first-order valence-corrected chi connectivity index (χ1v) is 3.74. The van der Waals surface area contributed by atoms with E-state index >= 15 is 0 Å². The Balaban J connectivity index is 2.32. The van der Waals surface area contributed by atoms with Crippen molar-refractivity contribution in [2.24, 2.45) is 11.1 Å². The molecule has 58 valence electrons. The minimum Gasteiger partial charge on any atom is -0.411 e. The largest absolute Gasteiger partial charge is 0.411 e. The van der Waals surface area contributed by atoms with Crippen LogP contribution < -0.4 is 5.32 Å². The molecule has 0 aromatic carbocycles. The molecule has 0 unspecified atom stereocenters. The Kier molecular flexibility index (Phi) is 2.68. The highest BCUT2D eigenvalue weighted by Gasteiger charge is 2.15. The number of hydrogen-bond acceptors (Lipinski definition) is 3. The first-order valence-electron chi connectivity index (χ1n) is 3.74. The van der Waals surface area contributed by atoms with Gasteiger partial charge in [0.05, 0.1) is 6.21 Å². The van der Waals surface area contributed by atoms with E-state index in [0.29, 0.717) is 0 Å². The molecule has 3 nitrogen and oxygen atoms in total. The predicted molar refractivity (Wildman–Crippen MR) is 40.5 cm³/mol. The molecule has 0 aliphatic carbocycles. The van der Waals surface area contributed by atoms with E-state index in [-0.39, 0.29) is 6.04 Å². The average molecular weight is 142 g/mol. The van der Waals surface area contributed by atoms with Crippen molar-refractivity contribution in [3.05, 3.63) is 0 Å². The van der Waals surface area contributed by atoms with Crippen LogP contribution in [0.1, 0.15) is 19.8 Å². The fraction of sp³-hybridized carbons (Fsp3) is 0.857. The van der Waals surface area contributed by atoms with Crippen molar-refractivity contribution >= 4 is 6.21 Å². The molecule has 1 rings (SSSR count). The monoisotopic (exact) mass is 142 g/mol. The highest BCUT2D eigenvalue weighted by Crippen LogP contribution is 2.13. The predicted octanol–water partition coefficient (Wildman–Crippen LogP) is 0.834. The molecule has 0 radical (unpaired) electrons. The lowest BCUT2D eigenvalue weighted by Gasteiger charge is -2.24. The smallest absolute Gasteiger partial charge is 0.0605 e. The lowest BCUT2D eigenvalue weighted by Crippen LogP contribution is -2.38. The summed E-state index contributed by atoms with van der Waals surface area (Å²) < 4.78 is 0. The molecule has 2 atom stereocenters. The fourth-order valence-electron chi connectivity index (χ4n) is 1.34. The number of rotatable bonds is 1. The van der Waals surface area contributed by atoms with Crippen LogP contribution in [-0.2, 0) is 0 Å². The molecule has 0 aromatic heterocycles. The highest BCUT2D eigenvalue weighted by molar-refractivity contribution is 5.63. The molecular weight excluding hydrogens is 128 g/mol. The van der Waals surface area contributed by atoms with Crippen molar-refractivity contribution in [2.45, 2.75) is 25.8 Å². The van der Waals surface area contributed by atoms with E-state index in [1.807, 2.05) is 0 Å². The minimum atomic E-state index is 0.286. The zero-order valence-electron chi connectivity index (χ0n) is 6.25. The van der Waals surface area contributed by atoms with Crippen molar-refractivity contribution in [2.75, 3.05) is 6.54 Å². The van der Waals surface area contributed by atoms with Crippen molar-refractivity contribution in [3.63, 3.8) is 0 Å². The summed E-state index contributed by atoms with van der Waals surface area (Å²) in [6, 6.07) is 0.286. The van der Waals surface area contributed by atoms with Crippen LogP contribution in [0.25, 0.3) is 0 Å². The second-order valence-electron chi connectivity index (χ2n) is 2.95. The van der Waals surface area contributed by atoms with E-state index in [9.17, 15) is 0 Å². The van der Waals surface area contributed by atoms with Gasteiger partial charge >= 0.3 is 0 Å². The normalized spacial score (nSPS) is 34.9. The number of nitrogens with one attached hydrogen (secondary N) is 1. The van der Waals surface area contributed by atoms with Crippen LogP contribution in [0.5, 0.6) is 0 Å². The summed E-state index contributed by atoms with van der Waals surface area (Å²) in [4.78, 5) is 0. The van der Waals surface area contributed by atoms with Crippen LogP contribution in [0.2, 0.25) is 0 Å². The van der Waals surface area contributed by atoms with Crippen LogP contribution in [0, 0.1) is 5.92 Å². The average Bonchev–Trinajstić information content (AvgIpc) is 1.88. The van der Waals surface area contributed by atoms with Gasteiger partial charge in [-0.15, -0.1) is 5.16 Å². The standard InChI is InChI=1S/C7H14N2O/c1-6-2-3-8-7(4-6)5-9-10/h5-8,10H,2-4H2,1H3/b9-5-/t6-,7-/m1/s1. The molecule has 0 saturated carbocycles. The van der Waals surface area contributed by atoms with Crippen LogP contribution in [0.15, 0.2) is 5.16 Å². The molecule has 1 saturated heterocycles. The highest BCUT2D eigenvalue weighted by atomic mass is 16.4. The second-order valence-corrected chi connectivity index (χ2v) is 2.95. The molecule has 10 heavy (non-hydrogen) atoms. The molecule has 0 aromatic rings. The van der Waals surface area contributed by atoms with E-state index in [2.05, 4.69) is 17.4 Å². The molecule has 0 amide bonds. The molecule has 3 heteroatoms. The summed E-state index contributed by atoms with van der Waals surface area (Å²) in [5, 5.41) is 14.5. The van der Waals surface area contributed by atoms with Crippen LogP contribution in [0.3, 0.4) is 0 Å². The van der Waals surface area contributed by atoms with Crippen LogP contribution >= 0.6 is 0 Å². The van der Waals surface area contributed by atoms with Crippen molar-refractivity contribution in [1.82, 2.24) is 5.32 Å². The molecule has 2 N–H and O–H groups in total. The summed E-state index contributed by atoms with van der Waals surface area (Å²) in [5.74, 6) is 0.754. The molecule has 0 bridgehead atoms. The van der Waals surface area contributed by atoms with Gasteiger partial charge in [0.15, 0.2) is 0 Å². The Hall–Kier alpha value is -0.570. The molecule has 0 spiro atoms. The molecular formula is C7H14N2O. The first kappa shape index (κ1) is 7.54. The summed E-state index contributed by atoms with van der Waals surface area (Å²) in [7, 11) is 0. The maximum absolute atomic E-state index is 8.23. The number of piperidine rings is 1. The van der Waals surface area contributed by atoms with Crippen LogP contribution in [0.4, 0.5) is 0 Å². The van der Waals surface area contributed by atoms with Crippen molar-refractivity contribution < 1.29 is 5.21 Å². The number of oxime groups is 1. The quantitative estimate of drug-likeness (QED) is 0.323. The van der Waals surface area contributed by atoms with Gasteiger partial charge in [0.25, 0.3) is 0 Å². The van der Waals surface area contributed by atoms with Crippen LogP contribution in [-0.4, -0.2) is 24.0 Å². The third-order valence-electron chi connectivity index (χ3n) is 1.95. The maximum Gasteiger partial charge on any atom is 0.0605 e. The Bertz CT molecular complexity index is 125. The van der Waals surface area contributed by atoms with Gasteiger partial charge in [-0.05, 0) is 25.3 Å². The minimum absolute atomic E-state index is 0.286. The zero-order chi connectivity index (χ0) is 7.40. The number of nitrogens with zero attached hydrogens (tertiary/aromatic N) is 1. The third kappa shape index (κ3) is 1.99. The first-order chi connectivity index (χ1) is 4.83. The molecule has 1 heterocycles. The Labute approximate surface area is 61.1 Å². The van der Waals surface area contributed by atoms with E-state index < -0.39 is 0 Å². The summed E-state index contributed by atoms with van der Waals surface area (Å²) in [5.41, 5.74) is 0. The van der Waals surface area contributed by atoms with E-state index in [1.165, 1.54) is 6.42 Å². The summed E-state index contributed by atoms with van der Waals surface area (Å²) >= 11 is 0. The summed E-state index contributed by atoms with van der Waals surface area (Å²) in [6.45, 7) is 3.26. The van der Waals surface area contributed by atoms with Gasteiger partial charge < -0.3 is 10.5 Å². The third-order valence-corrected chi connectivity index (χ3v) is 1.95. The van der Waals surface area contributed by atoms with Gasteiger partial charge in [0.2, 0.25) is 0 Å². The Morgan fingerprint density at radius 2 is 2.50 bits per heavy atom. The second kappa shape index (κ2) is 3.56. The topological polar surface area (TPSA) is 44.6 Å². The fourth-order valence-corrected chi connectivity index (χ4v) is 1.34. The van der Waals surface area contributed by atoms with Gasteiger partial charge in [-0.25, -0.2) is 0 Å². The molecule has 1 fully saturated rings. The van der Waals surface area contributed by atoms with Gasteiger partial charge in [0, 0.05) is 6.04 Å². The van der Waals surface area contributed by atoms with Gasteiger partial charge in [0.1, 0.15) is 0 Å². The lowest BCUT2D eigenvalue weighted by atomic mass is 9.95. The number of hydrogen-bond donors (Lipinski definition) is 2. The Morgan fingerprint density at radius 1 is 1.70 bits per heavy atom. The summed E-state index contributed by atoms with van der Waals surface area (Å²) in [6.07, 6.45) is 3.88.